The molecule has 0 aliphatic heterocycles. The third-order valence-corrected chi connectivity index (χ3v) is 4.08. The Morgan fingerprint density at radius 2 is 1.39 bits per heavy atom. The van der Waals surface area contributed by atoms with Crippen LogP contribution in [-0.4, -0.2) is 22.1 Å². The number of carbonyl (C=O) groups is 2. The first-order valence-corrected chi connectivity index (χ1v) is 8.29. The van der Waals surface area contributed by atoms with E-state index in [-0.39, 0.29) is 17.7 Å². The molecule has 0 saturated carbocycles. The second-order valence-corrected chi connectivity index (χ2v) is 6.17. The van der Waals surface area contributed by atoms with Gasteiger partial charge in [-0.15, -0.1) is 0 Å². The molecule has 0 fully saturated rings. The molecule has 0 unspecified atom stereocenters. The van der Waals surface area contributed by atoms with Crippen LogP contribution >= 0.6 is 0 Å². The highest BCUT2D eigenvalue weighted by molar-refractivity contribution is 5.96. The molecule has 0 spiro atoms. The standard InChI is InChI=1S/C21H16F2N2O3/c22-18-7-13(8-19(23)11-18)12-25(28)21(27)17-6-2-4-15(10-17)14-3-1-5-16(9-14)20(24)26/h1-11,28H,12H2,(H2,24,26). The maximum atomic E-state index is 13.3. The Bertz CT molecular complexity index is 1030. The summed E-state index contributed by atoms with van der Waals surface area (Å²) in [6.07, 6.45) is 0. The minimum atomic E-state index is -0.799. The minimum Gasteiger partial charge on any atom is -0.366 e. The average Bonchev–Trinajstić information content (AvgIpc) is 2.66. The van der Waals surface area contributed by atoms with E-state index in [2.05, 4.69) is 0 Å². The predicted octanol–water partition coefficient (Wildman–Crippen LogP) is 3.76. The molecule has 0 radical (unpaired) electrons. The molecule has 3 N–H and O–H groups in total. The second-order valence-electron chi connectivity index (χ2n) is 6.17. The zero-order valence-corrected chi connectivity index (χ0v) is 14.6. The lowest BCUT2D eigenvalue weighted by Gasteiger charge is -2.16. The van der Waals surface area contributed by atoms with Gasteiger partial charge < -0.3 is 5.73 Å². The predicted molar refractivity (Wildman–Crippen MR) is 98.4 cm³/mol. The highest BCUT2D eigenvalue weighted by atomic mass is 19.1. The van der Waals surface area contributed by atoms with E-state index < -0.39 is 23.4 Å². The van der Waals surface area contributed by atoms with Crippen molar-refractivity contribution in [1.29, 1.82) is 0 Å². The molecule has 3 rings (SSSR count). The van der Waals surface area contributed by atoms with Gasteiger partial charge in [-0.05, 0) is 53.1 Å². The molecule has 0 aliphatic rings. The van der Waals surface area contributed by atoms with Crippen molar-refractivity contribution in [3.63, 3.8) is 0 Å². The highest BCUT2D eigenvalue weighted by Crippen LogP contribution is 2.22. The van der Waals surface area contributed by atoms with Crippen LogP contribution in [0.2, 0.25) is 0 Å². The van der Waals surface area contributed by atoms with Crippen LogP contribution in [0.5, 0.6) is 0 Å². The van der Waals surface area contributed by atoms with Gasteiger partial charge in [0.2, 0.25) is 5.91 Å². The van der Waals surface area contributed by atoms with E-state index in [1.165, 1.54) is 12.1 Å². The first kappa shape index (κ1) is 19.2. The smallest absolute Gasteiger partial charge is 0.277 e. The summed E-state index contributed by atoms with van der Waals surface area (Å²) in [5.74, 6) is -2.91. The van der Waals surface area contributed by atoms with Crippen LogP contribution in [0, 0.1) is 11.6 Å². The summed E-state index contributed by atoms with van der Waals surface area (Å²) in [6, 6.07) is 15.8. The van der Waals surface area contributed by atoms with Crippen LogP contribution in [0.3, 0.4) is 0 Å². The fourth-order valence-corrected chi connectivity index (χ4v) is 2.78. The van der Waals surface area contributed by atoms with Crippen LogP contribution in [0.1, 0.15) is 26.3 Å². The molecule has 3 aromatic rings. The van der Waals surface area contributed by atoms with Crippen molar-refractivity contribution in [2.45, 2.75) is 6.54 Å². The summed E-state index contributed by atoms with van der Waals surface area (Å²) in [5.41, 5.74) is 7.20. The zero-order valence-electron chi connectivity index (χ0n) is 14.6. The molecule has 7 heteroatoms. The van der Waals surface area contributed by atoms with E-state index in [4.69, 9.17) is 5.73 Å². The van der Waals surface area contributed by atoms with Crippen LogP contribution in [0.4, 0.5) is 8.78 Å². The van der Waals surface area contributed by atoms with Crippen LogP contribution < -0.4 is 5.73 Å². The minimum absolute atomic E-state index is 0.110. The molecular weight excluding hydrogens is 366 g/mol. The maximum absolute atomic E-state index is 13.3. The van der Waals surface area contributed by atoms with Gasteiger partial charge in [0.15, 0.2) is 0 Å². The lowest BCUT2D eigenvalue weighted by atomic mass is 10.0. The van der Waals surface area contributed by atoms with Crippen LogP contribution in [0.15, 0.2) is 66.7 Å². The molecule has 0 atom stereocenters. The van der Waals surface area contributed by atoms with Gasteiger partial charge in [0, 0.05) is 17.2 Å². The Hall–Kier alpha value is -3.58. The average molecular weight is 382 g/mol. The van der Waals surface area contributed by atoms with E-state index in [9.17, 15) is 23.6 Å². The lowest BCUT2D eigenvalue weighted by molar-refractivity contribution is -0.0648. The van der Waals surface area contributed by atoms with Gasteiger partial charge in [0.1, 0.15) is 11.6 Å². The summed E-state index contributed by atoms with van der Waals surface area (Å²) < 4.78 is 26.5. The number of amides is 2. The first-order valence-electron chi connectivity index (χ1n) is 8.29. The van der Waals surface area contributed by atoms with Gasteiger partial charge in [-0.1, -0.05) is 24.3 Å². The number of carbonyl (C=O) groups excluding carboxylic acids is 2. The molecule has 0 aliphatic carbocycles. The summed E-state index contributed by atoms with van der Waals surface area (Å²) in [5, 5.41) is 10.4. The highest BCUT2D eigenvalue weighted by Gasteiger charge is 2.16. The number of hydroxylamine groups is 2. The maximum Gasteiger partial charge on any atom is 0.277 e. The monoisotopic (exact) mass is 382 g/mol. The van der Waals surface area contributed by atoms with E-state index in [1.54, 1.807) is 36.4 Å². The molecule has 0 saturated heterocycles. The largest absolute Gasteiger partial charge is 0.366 e. The van der Waals surface area contributed by atoms with Crippen molar-refractivity contribution in [1.82, 2.24) is 5.06 Å². The SMILES string of the molecule is NC(=O)c1cccc(-c2cccc(C(=O)N(O)Cc3cc(F)cc(F)c3)c2)c1. The Morgan fingerprint density at radius 1 is 0.857 bits per heavy atom. The number of hydrogen-bond donors (Lipinski definition) is 2. The Kier molecular flexibility index (Phi) is 5.47. The molecule has 0 heterocycles. The third kappa shape index (κ3) is 4.39. The number of primary amides is 1. The van der Waals surface area contributed by atoms with E-state index in [0.29, 0.717) is 27.8 Å². The van der Waals surface area contributed by atoms with Crippen LogP contribution in [-0.2, 0) is 6.54 Å². The van der Waals surface area contributed by atoms with Crippen molar-refractivity contribution < 1.29 is 23.6 Å². The summed E-state index contributed by atoms with van der Waals surface area (Å²) >= 11 is 0. The number of halogens is 2. The molecule has 0 bridgehead atoms. The topological polar surface area (TPSA) is 83.6 Å². The molecule has 142 valence electrons. The fourth-order valence-electron chi connectivity index (χ4n) is 2.78. The molecular formula is C21H16F2N2O3. The quantitative estimate of drug-likeness (QED) is 0.521. The molecule has 0 aromatic heterocycles. The number of rotatable bonds is 5. The second kappa shape index (κ2) is 7.98. The normalized spacial score (nSPS) is 10.5. The number of nitrogens with zero attached hydrogens (tertiary/aromatic N) is 1. The summed E-state index contributed by atoms with van der Waals surface area (Å²) in [7, 11) is 0. The van der Waals surface area contributed by atoms with Crippen molar-refractivity contribution in [2.75, 3.05) is 0 Å². The van der Waals surface area contributed by atoms with Crippen molar-refractivity contribution in [2.24, 2.45) is 5.73 Å². The molecule has 28 heavy (non-hydrogen) atoms. The number of nitrogens with two attached hydrogens (primary N) is 1. The van der Waals surface area contributed by atoms with E-state index in [0.717, 1.165) is 12.1 Å². The van der Waals surface area contributed by atoms with Gasteiger partial charge in [-0.25, -0.2) is 13.8 Å². The lowest BCUT2D eigenvalue weighted by Crippen LogP contribution is -2.27. The first-order chi connectivity index (χ1) is 13.3. The number of hydrogen-bond acceptors (Lipinski definition) is 3. The fraction of sp³-hybridized carbons (Fsp3) is 0.0476. The van der Waals surface area contributed by atoms with Gasteiger partial charge in [-0.2, -0.15) is 0 Å². The summed E-state index contributed by atoms with van der Waals surface area (Å²) in [4.78, 5) is 23.8. The Labute approximate surface area is 159 Å². The Morgan fingerprint density at radius 3 is 1.96 bits per heavy atom. The molecule has 2 amide bonds. The van der Waals surface area contributed by atoms with Gasteiger partial charge in [0.25, 0.3) is 5.91 Å². The van der Waals surface area contributed by atoms with Crippen LogP contribution in [0.25, 0.3) is 11.1 Å². The van der Waals surface area contributed by atoms with E-state index >= 15 is 0 Å². The van der Waals surface area contributed by atoms with Gasteiger partial charge >= 0.3 is 0 Å². The van der Waals surface area contributed by atoms with Gasteiger partial charge in [-0.3, -0.25) is 14.8 Å². The van der Waals surface area contributed by atoms with Crippen molar-refractivity contribution in [3.05, 3.63) is 95.1 Å². The third-order valence-electron chi connectivity index (χ3n) is 4.08. The molecule has 3 aromatic carbocycles. The van der Waals surface area contributed by atoms with E-state index in [1.807, 2.05) is 0 Å². The number of benzene rings is 3. The van der Waals surface area contributed by atoms with Crippen molar-refractivity contribution in [3.8, 4) is 11.1 Å². The Balaban J connectivity index is 1.83. The van der Waals surface area contributed by atoms with Crippen molar-refractivity contribution >= 4 is 11.8 Å². The van der Waals surface area contributed by atoms with Gasteiger partial charge in [0.05, 0.1) is 6.54 Å². The molecule has 5 nitrogen and oxygen atoms in total. The summed E-state index contributed by atoms with van der Waals surface area (Å²) in [6.45, 7) is -0.380. The zero-order chi connectivity index (χ0) is 20.3.